The smallest absolute Gasteiger partial charge is 0.0406 e. The van der Waals surface area contributed by atoms with Crippen molar-refractivity contribution in [3.8, 4) is 0 Å². The Balaban J connectivity index is 2.89. The van der Waals surface area contributed by atoms with Gasteiger partial charge in [0.05, 0.1) is 0 Å². The first-order chi connectivity index (χ1) is 4.83. The molecule has 0 N–H and O–H groups in total. The van der Waals surface area contributed by atoms with Gasteiger partial charge in [-0.3, -0.25) is 4.99 Å². The molecule has 0 saturated heterocycles. The summed E-state index contributed by atoms with van der Waals surface area (Å²) in [5, 5.41) is 0.758. The first-order valence-corrected chi connectivity index (χ1v) is 3.38. The fourth-order valence-corrected chi connectivity index (χ4v) is 0.824. The molecule has 0 atom stereocenters. The number of hydrogen-bond acceptors (Lipinski definition) is 1. The highest BCUT2D eigenvalue weighted by molar-refractivity contribution is 6.30. The van der Waals surface area contributed by atoms with Crippen LogP contribution in [-0.4, -0.2) is 13.3 Å². The molecule has 0 spiro atoms. The molecule has 0 aliphatic heterocycles. The molecule has 0 fully saturated rings. The predicted octanol–water partition coefficient (Wildman–Crippen LogP) is 2.39. The van der Waals surface area contributed by atoms with Crippen molar-refractivity contribution in [1.82, 2.24) is 0 Å². The summed E-state index contributed by atoms with van der Waals surface area (Å²) >= 11 is 5.67. The molecule has 0 amide bonds. The van der Waals surface area contributed by atoms with E-state index in [9.17, 15) is 0 Å². The van der Waals surface area contributed by atoms with Gasteiger partial charge in [0.1, 0.15) is 0 Å². The quantitative estimate of drug-likeness (QED) is 0.550. The molecule has 0 aromatic heterocycles. The summed E-state index contributed by atoms with van der Waals surface area (Å²) in [7, 11) is 1.74. The van der Waals surface area contributed by atoms with Crippen LogP contribution in [0.2, 0.25) is 5.02 Å². The molecule has 0 bridgehead atoms. The second-order valence-corrected chi connectivity index (χ2v) is 2.38. The van der Waals surface area contributed by atoms with Crippen LogP contribution in [0.3, 0.4) is 0 Å². The van der Waals surface area contributed by atoms with E-state index in [0.717, 1.165) is 10.6 Å². The van der Waals surface area contributed by atoms with Gasteiger partial charge < -0.3 is 0 Å². The Morgan fingerprint density at radius 2 is 1.90 bits per heavy atom. The molecule has 2 heteroatoms. The molecule has 0 aliphatic rings. The Morgan fingerprint density at radius 3 is 2.40 bits per heavy atom. The third kappa shape index (κ3) is 1.85. The molecule has 1 nitrogen and oxygen atoms in total. The van der Waals surface area contributed by atoms with Crippen molar-refractivity contribution in [2.45, 2.75) is 0 Å². The summed E-state index contributed by atoms with van der Waals surface area (Å²) in [6, 6.07) is 7.54. The lowest BCUT2D eigenvalue weighted by Gasteiger charge is -1.90. The first kappa shape index (κ1) is 7.29. The summed E-state index contributed by atoms with van der Waals surface area (Å²) in [4.78, 5) is 3.87. The highest BCUT2D eigenvalue weighted by Crippen LogP contribution is 2.07. The standard InChI is InChI=1S/C8H8ClN/c1-10-6-7-2-4-8(9)5-3-7/h2-6H,1H3. The van der Waals surface area contributed by atoms with Crippen LogP contribution < -0.4 is 0 Å². The lowest BCUT2D eigenvalue weighted by molar-refractivity contribution is 1.46. The molecule has 1 rings (SSSR count). The molecule has 0 aliphatic carbocycles. The molecule has 0 saturated carbocycles. The van der Waals surface area contributed by atoms with Gasteiger partial charge in [-0.25, -0.2) is 0 Å². The Hall–Kier alpha value is -0.820. The zero-order chi connectivity index (χ0) is 7.40. The minimum atomic E-state index is 0.758. The third-order valence-electron chi connectivity index (χ3n) is 1.15. The summed E-state index contributed by atoms with van der Waals surface area (Å²) < 4.78 is 0. The Labute approximate surface area is 65.4 Å². The first-order valence-electron chi connectivity index (χ1n) is 3.00. The molecule has 1 aromatic rings. The van der Waals surface area contributed by atoms with Gasteiger partial charge in [0, 0.05) is 18.3 Å². The zero-order valence-electron chi connectivity index (χ0n) is 5.71. The summed E-state index contributed by atoms with van der Waals surface area (Å²) in [5.41, 5.74) is 1.08. The van der Waals surface area contributed by atoms with E-state index >= 15 is 0 Å². The fourth-order valence-electron chi connectivity index (χ4n) is 0.698. The monoisotopic (exact) mass is 153 g/mol. The molecule has 1 aromatic carbocycles. The second-order valence-electron chi connectivity index (χ2n) is 1.94. The SMILES string of the molecule is CN=Cc1ccc(Cl)cc1. The van der Waals surface area contributed by atoms with Crippen molar-refractivity contribution in [3.63, 3.8) is 0 Å². The number of hydrogen-bond donors (Lipinski definition) is 0. The highest BCUT2D eigenvalue weighted by Gasteiger charge is 1.85. The molecular formula is C8H8ClN. The van der Waals surface area contributed by atoms with E-state index in [4.69, 9.17) is 11.6 Å². The zero-order valence-corrected chi connectivity index (χ0v) is 6.47. The Kier molecular flexibility index (Phi) is 2.46. The van der Waals surface area contributed by atoms with E-state index in [1.165, 1.54) is 0 Å². The van der Waals surface area contributed by atoms with Gasteiger partial charge in [0.15, 0.2) is 0 Å². The maximum Gasteiger partial charge on any atom is 0.0406 e. The van der Waals surface area contributed by atoms with Crippen LogP contribution in [0.25, 0.3) is 0 Å². The molecular weight excluding hydrogens is 146 g/mol. The van der Waals surface area contributed by atoms with Crippen molar-refractivity contribution in [2.24, 2.45) is 4.99 Å². The van der Waals surface area contributed by atoms with Gasteiger partial charge in [-0.1, -0.05) is 23.7 Å². The van der Waals surface area contributed by atoms with Gasteiger partial charge >= 0.3 is 0 Å². The van der Waals surface area contributed by atoms with Crippen molar-refractivity contribution in [3.05, 3.63) is 34.9 Å². The van der Waals surface area contributed by atoms with Crippen LogP contribution in [0.15, 0.2) is 29.3 Å². The lowest BCUT2D eigenvalue weighted by atomic mass is 10.2. The van der Waals surface area contributed by atoms with Crippen LogP contribution in [0.4, 0.5) is 0 Å². The van der Waals surface area contributed by atoms with Crippen LogP contribution in [0.1, 0.15) is 5.56 Å². The summed E-state index contributed by atoms with van der Waals surface area (Å²) in [6.45, 7) is 0. The Bertz CT molecular complexity index is 226. The van der Waals surface area contributed by atoms with E-state index in [1.807, 2.05) is 24.3 Å². The Morgan fingerprint density at radius 1 is 1.30 bits per heavy atom. The van der Waals surface area contributed by atoms with Crippen LogP contribution in [-0.2, 0) is 0 Å². The molecule has 10 heavy (non-hydrogen) atoms. The molecule has 0 heterocycles. The third-order valence-corrected chi connectivity index (χ3v) is 1.40. The van der Waals surface area contributed by atoms with Crippen LogP contribution in [0.5, 0.6) is 0 Å². The maximum absolute atomic E-state index is 5.67. The lowest BCUT2D eigenvalue weighted by Crippen LogP contribution is -1.77. The summed E-state index contributed by atoms with van der Waals surface area (Å²) in [6.07, 6.45) is 1.79. The van der Waals surface area contributed by atoms with E-state index in [1.54, 1.807) is 13.3 Å². The molecule has 0 unspecified atom stereocenters. The van der Waals surface area contributed by atoms with Crippen molar-refractivity contribution >= 4 is 17.8 Å². The molecule has 52 valence electrons. The number of aliphatic imine (C=N–C) groups is 1. The number of nitrogens with zero attached hydrogens (tertiary/aromatic N) is 1. The van der Waals surface area contributed by atoms with Crippen LogP contribution in [0, 0.1) is 0 Å². The van der Waals surface area contributed by atoms with E-state index < -0.39 is 0 Å². The van der Waals surface area contributed by atoms with Gasteiger partial charge in [0.2, 0.25) is 0 Å². The van der Waals surface area contributed by atoms with Gasteiger partial charge in [-0.05, 0) is 17.7 Å². The van der Waals surface area contributed by atoms with Crippen molar-refractivity contribution < 1.29 is 0 Å². The van der Waals surface area contributed by atoms with Crippen LogP contribution >= 0.6 is 11.6 Å². The molecule has 0 radical (unpaired) electrons. The minimum absolute atomic E-state index is 0.758. The van der Waals surface area contributed by atoms with Gasteiger partial charge in [-0.2, -0.15) is 0 Å². The minimum Gasteiger partial charge on any atom is -0.296 e. The largest absolute Gasteiger partial charge is 0.296 e. The van der Waals surface area contributed by atoms with Crippen molar-refractivity contribution in [1.29, 1.82) is 0 Å². The summed E-state index contributed by atoms with van der Waals surface area (Å²) in [5.74, 6) is 0. The van der Waals surface area contributed by atoms with E-state index in [2.05, 4.69) is 4.99 Å². The number of rotatable bonds is 1. The average Bonchev–Trinajstić information content (AvgIpc) is 1.95. The highest BCUT2D eigenvalue weighted by atomic mass is 35.5. The van der Waals surface area contributed by atoms with Crippen molar-refractivity contribution in [2.75, 3.05) is 7.05 Å². The normalized spacial score (nSPS) is 10.6. The number of halogens is 1. The van der Waals surface area contributed by atoms with Gasteiger partial charge in [-0.15, -0.1) is 0 Å². The van der Waals surface area contributed by atoms with E-state index in [-0.39, 0.29) is 0 Å². The fraction of sp³-hybridized carbons (Fsp3) is 0.125. The number of benzene rings is 1. The topological polar surface area (TPSA) is 12.4 Å². The average molecular weight is 154 g/mol. The predicted molar refractivity (Wildman–Crippen MR) is 45.0 cm³/mol. The second kappa shape index (κ2) is 3.37. The maximum atomic E-state index is 5.67. The van der Waals surface area contributed by atoms with Gasteiger partial charge in [0.25, 0.3) is 0 Å². The van der Waals surface area contributed by atoms with E-state index in [0.29, 0.717) is 0 Å².